The number of methoxy groups -OCH3 is 1. The summed E-state index contributed by atoms with van der Waals surface area (Å²) in [5.41, 5.74) is 1.46. The first-order valence-corrected chi connectivity index (χ1v) is 13.0. The third kappa shape index (κ3) is 5.89. The minimum Gasteiger partial charge on any atom is -0.497 e. The predicted molar refractivity (Wildman–Crippen MR) is 142 cm³/mol. The van der Waals surface area contributed by atoms with E-state index in [1.165, 1.54) is 0 Å². The highest BCUT2D eigenvalue weighted by molar-refractivity contribution is 7.99. The summed E-state index contributed by atoms with van der Waals surface area (Å²) in [5.74, 6) is 0.813. The highest BCUT2D eigenvalue weighted by Gasteiger charge is 2.35. The molecule has 1 unspecified atom stereocenters. The van der Waals surface area contributed by atoms with Crippen molar-refractivity contribution in [3.8, 4) is 5.75 Å². The van der Waals surface area contributed by atoms with Gasteiger partial charge in [0, 0.05) is 42.6 Å². The maximum Gasteiger partial charge on any atom is 0.227 e. The molecule has 1 saturated heterocycles. The average Bonchev–Trinajstić information content (AvgIpc) is 3.42. The molecule has 192 valence electrons. The maximum absolute atomic E-state index is 12.9. The van der Waals surface area contributed by atoms with Gasteiger partial charge in [-0.05, 0) is 26.0 Å². The Kier molecular flexibility index (Phi) is 7.97. The Morgan fingerprint density at radius 3 is 2.78 bits per heavy atom. The standard InChI is InChI=1S/C25H33N7O3S/c1-15(2)28-22-20-13-27-32(23(20)30-25(29-22)36-16(3)4)10-9-26-24(34)17-11-21(33)31(14-17)18-7-6-8-19(12-18)35-5/h6-8,12-13,15-17H,9-11,14H2,1-5H3,(H,26,34)(H,28,29,30). The van der Waals surface area contributed by atoms with Gasteiger partial charge in [-0.1, -0.05) is 31.7 Å². The fourth-order valence-electron chi connectivity index (χ4n) is 4.09. The molecule has 1 aromatic carbocycles. The summed E-state index contributed by atoms with van der Waals surface area (Å²) >= 11 is 1.60. The van der Waals surface area contributed by atoms with E-state index in [2.05, 4.69) is 48.4 Å². The van der Waals surface area contributed by atoms with Gasteiger partial charge in [0.1, 0.15) is 11.6 Å². The number of nitrogens with one attached hydrogen (secondary N) is 2. The number of nitrogens with zero attached hydrogens (tertiary/aromatic N) is 5. The fraction of sp³-hybridized carbons (Fsp3) is 0.480. The smallest absolute Gasteiger partial charge is 0.227 e. The lowest BCUT2D eigenvalue weighted by atomic mass is 10.1. The van der Waals surface area contributed by atoms with Crippen molar-refractivity contribution in [3.05, 3.63) is 30.5 Å². The van der Waals surface area contributed by atoms with Crippen LogP contribution in [-0.4, -0.2) is 63.1 Å². The van der Waals surface area contributed by atoms with Crippen LogP contribution in [0.25, 0.3) is 11.0 Å². The molecule has 1 aliphatic rings. The lowest BCUT2D eigenvalue weighted by molar-refractivity contribution is -0.126. The minimum atomic E-state index is -0.406. The largest absolute Gasteiger partial charge is 0.497 e. The van der Waals surface area contributed by atoms with Gasteiger partial charge in [-0.15, -0.1) is 0 Å². The molecule has 2 N–H and O–H groups in total. The van der Waals surface area contributed by atoms with Gasteiger partial charge in [0.15, 0.2) is 10.8 Å². The topological polar surface area (TPSA) is 114 Å². The van der Waals surface area contributed by atoms with Crippen molar-refractivity contribution in [2.24, 2.45) is 5.92 Å². The summed E-state index contributed by atoms with van der Waals surface area (Å²) < 4.78 is 7.04. The Balaban J connectivity index is 1.41. The molecule has 2 amide bonds. The van der Waals surface area contributed by atoms with Gasteiger partial charge >= 0.3 is 0 Å². The van der Waals surface area contributed by atoms with Crippen LogP contribution in [0.4, 0.5) is 11.5 Å². The number of amides is 2. The number of benzene rings is 1. The SMILES string of the molecule is COc1cccc(N2CC(C(=O)NCCn3ncc4c(NC(C)C)nc(SC(C)C)nc43)CC2=O)c1. The first-order chi connectivity index (χ1) is 17.2. The maximum atomic E-state index is 12.9. The second kappa shape index (κ2) is 11.2. The van der Waals surface area contributed by atoms with Crippen LogP contribution in [0.2, 0.25) is 0 Å². The Labute approximate surface area is 215 Å². The number of fused-ring (bicyclic) bond motifs is 1. The van der Waals surface area contributed by atoms with Crippen molar-refractivity contribution >= 4 is 46.1 Å². The molecule has 10 nitrogen and oxygen atoms in total. The molecule has 1 atom stereocenters. The molecule has 2 aromatic heterocycles. The highest BCUT2D eigenvalue weighted by atomic mass is 32.2. The van der Waals surface area contributed by atoms with E-state index in [0.29, 0.717) is 35.8 Å². The number of aromatic nitrogens is 4. The van der Waals surface area contributed by atoms with Crippen molar-refractivity contribution in [2.75, 3.05) is 30.4 Å². The van der Waals surface area contributed by atoms with E-state index in [9.17, 15) is 9.59 Å². The zero-order valence-electron chi connectivity index (χ0n) is 21.3. The van der Waals surface area contributed by atoms with Gasteiger partial charge in [0.2, 0.25) is 11.8 Å². The average molecular weight is 512 g/mol. The van der Waals surface area contributed by atoms with Crippen molar-refractivity contribution in [3.63, 3.8) is 0 Å². The van der Waals surface area contributed by atoms with E-state index < -0.39 is 5.92 Å². The molecule has 0 radical (unpaired) electrons. The van der Waals surface area contributed by atoms with E-state index in [1.54, 1.807) is 40.7 Å². The number of carbonyl (C=O) groups is 2. The van der Waals surface area contributed by atoms with Crippen LogP contribution < -0.4 is 20.3 Å². The minimum absolute atomic E-state index is 0.0708. The van der Waals surface area contributed by atoms with E-state index in [1.807, 2.05) is 18.2 Å². The third-order valence-electron chi connectivity index (χ3n) is 5.73. The molecule has 3 heterocycles. The molecule has 36 heavy (non-hydrogen) atoms. The van der Waals surface area contributed by atoms with Crippen LogP contribution >= 0.6 is 11.8 Å². The van der Waals surface area contributed by atoms with Crippen LogP contribution in [0, 0.1) is 5.92 Å². The monoisotopic (exact) mass is 511 g/mol. The van der Waals surface area contributed by atoms with Crippen LogP contribution in [-0.2, 0) is 16.1 Å². The van der Waals surface area contributed by atoms with Crippen LogP contribution in [0.15, 0.2) is 35.6 Å². The molecule has 4 rings (SSSR count). The fourth-order valence-corrected chi connectivity index (χ4v) is 4.79. The van der Waals surface area contributed by atoms with Crippen molar-refractivity contribution in [2.45, 2.75) is 57.1 Å². The molecule has 0 spiro atoms. The van der Waals surface area contributed by atoms with Gasteiger partial charge in [0.25, 0.3) is 0 Å². The van der Waals surface area contributed by atoms with E-state index in [0.717, 1.165) is 22.5 Å². The molecule has 3 aromatic rings. The van der Waals surface area contributed by atoms with Crippen LogP contribution in [0.5, 0.6) is 5.75 Å². The lowest BCUT2D eigenvalue weighted by Gasteiger charge is -2.17. The van der Waals surface area contributed by atoms with E-state index in [4.69, 9.17) is 9.72 Å². The zero-order chi connectivity index (χ0) is 25.8. The molecule has 0 aliphatic carbocycles. The van der Waals surface area contributed by atoms with Gasteiger partial charge in [-0.25, -0.2) is 14.6 Å². The number of ether oxygens (including phenoxy) is 1. The van der Waals surface area contributed by atoms with Gasteiger partial charge in [-0.2, -0.15) is 5.10 Å². The molecule has 0 saturated carbocycles. The molecular formula is C25H33N7O3S. The number of thioether (sulfide) groups is 1. The summed E-state index contributed by atoms with van der Waals surface area (Å²) in [7, 11) is 1.58. The quantitative estimate of drug-likeness (QED) is 0.315. The Hall–Kier alpha value is -3.34. The normalized spacial score (nSPS) is 15.8. The summed E-state index contributed by atoms with van der Waals surface area (Å²) in [5, 5.41) is 12.7. The Bertz CT molecular complexity index is 1240. The van der Waals surface area contributed by atoms with Gasteiger partial charge in [0.05, 0.1) is 31.2 Å². The number of anilines is 2. The lowest BCUT2D eigenvalue weighted by Crippen LogP contribution is -2.35. The van der Waals surface area contributed by atoms with E-state index >= 15 is 0 Å². The van der Waals surface area contributed by atoms with Crippen LogP contribution in [0.1, 0.15) is 34.1 Å². The third-order valence-corrected chi connectivity index (χ3v) is 6.59. The van der Waals surface area contributed by atoms with Crippen molar-refractivity contribution < 1.29 is 14.3 Å². The van der Waals surface area contributed by atoms with Gasteiger partial charge < -0.3 is 20.3 Å². The molecule has 1 aliphatic heterocycles. The Morgan fingerprint density at radius 2 is 2.06 bits per heavy atom. The molecule has 11 heteroatoms. The predicted octanol–water partition coefficient (Wildman–Crippen LogP) is 3.33. The summed E-state index contributed by atoms with van der Waals surface area (Å²) in [6.45, 7) is 9.50. The summed E-state index contributed by atoms with van der Waals surface area (Å²) in [6.07, 6.45) is 1.94. The number of hydrogen-bond donors (Lipinski definition) is 2. The number of rotatable bonds is 10. The second-order valence-corrected chi connectivity index (χ2v) is 10.9. The molecule has 1 fully saturated rings. The van der Waals surface area contributed by atoms with E-state index in [-0.39, 0.29) is 24.3 Å². The summed E-state index contributed by atoms with van der Waals surface area (Å²) in [4.78, 5) is 36.5. The number of carbonyl (C=O) groups excluding carboxylic acids is 2. The molecular weight excluding hydrogens is 478 g/mol. The van der Waals surface area contributed by atoms with Gasteiger partial charge in [-0.3, -0.25) is 9.59 Å². The zero-order valence-corrected chi connectivity index (χ0v) is 22.1. The highest BCUT2D eigenvalue weighted by Crippen LogP contribution is 2.29. The summed E-state index contributed by atoms with van der Waals surface area (Å²) in [6, 6.07) is 7.52. The Morgan fingerprint density at radius 1 is 1.25 bits per heavy atom. The first-order valence-electron chi connectivity index (χ1n) is 12.1. The van der Waals surface area contributed by atoms with Crippen molar-refractivity contribution in [1.82, 2.24) is 25.1 Å². The number of hydrogen-bond acceptors (Lipinski definition) is 8. The molecule has 0 bridgehead atoms. The second-order valence-electron chi connectivity index (χ2n) is 9.32. The van der Waals surface area contributed by atoms with Crippen molar-refractivity contribution in [1.29, 1.82) is 0 Å². The van der Waals surface area contributed by atoms with Crippen LogP contribution in [0.3, 0.4) is 0 Å². The first kappa shape index (κ1) is 25.7.